The Morgan fingerprint density at radius 3 is 2.44 bits per heavy atom. The number of ether oxygens (including phenoxy) is 1. The molecule has 1 unspecified atom stereocenters. The van der Waals surface area contributed by atoms with Crippen molar-refractivity contribution in [1.82, 2.24) is 29.8 Å². The highest BCUT2D eigenvalue weighted by Gasteiger charge is 2.62. The van der Waals surface area contributed by atoms with E-state index in [0.29, 0.717) is 12.3 Å². The lowest BCUT2D eigenvalue weighted by Crippen LogP contribution is -2.31. The number of carboxylic acids is 1. The van der Waals surface area contributed by atoms with Crippen LogP contribution in [0.25, 0.3) is 5.82 Å². The number of pyridine rings is 2. The molecule has 2 fully saturated rings. The first-order valence-electron chi connectivity index (χ1n) is 17.2. The summed E-state index contributed by atoms with van der Waals surface area (Å²) in [6.07, 6.45) is -0.380. The molecule has 1 aliphatic heterocycles. The van der Waals surface area contributed by atoms with E-state index in [0.717, 1.165) is 24.9 Å². The summed E-state index contributed by atoms with van der Waals surface area (Å²) in [5.74, 6) is -1.26. The molecule has 1 saturated carbocycles. The molecule has 2 atom stereocenters. The van der Waals surface area contributed by atoms with Crippen LogP contribution in [-0.4, -0.2) is 70.0 Å². The van der Waals surface area contributed by atoms with Gasteiger partial charge in [0.2, 0.25) is 5.88 Å². The molecule has 0 bridgehead atoms. The van der Waals surface area contributed by atoms with E-state index < -0.39 is 38.5 Å². The van der Waals surface area contributed by atoms with Crippen molar-refractivity contribution < 1.29 is 41.0 Å². The second kappa shape index (κ2) is 16.3. The Balaban J connectivity index is 0.00000580. The van der Waals surface area contributed by atoms with E-state index in [9.17, 15) is 36.3 Å². The molecular formula is C36H40Cl2F3N7O6S. The number of aromatic nitrogens is 4. The lowest BCUT2D eigenvalue weighted by Gasteiger charge is -2.22. The van der Waals surface area contributed by atoms with Gasteiger partial charge in [-0.2, -0.15) is 21.6 Å². The zero-order chi connectivity index (χ0) is 38.9. The maximum absolute atomic E-state index is 13.4. The van der Waals surface area contributed by atoms with Crippen molar-refractivity contribution in [3.63, 3.8) is 0 Å². The Kier molecular flexibility index (Phi) is 12.4. The van der Waals surface area contributed by atoms with Crippen LogP contribution in [0.15, 0.2) is 71.9 Å². The summed E-state index contributed by atoms with van der Waals surface area (Å²) >= 11 is 6.29. The molecule has 1 aliphatic carbocycles. The van der Waals surface area contributed by atoms with Gasteiger partial charge in [0.1, 0.15) is 11.0 Å². The number of nitrogens with zero attached hydrogens (tertiary/aromatic N) is 4. The van der Waals surface area contributed by atoms with Crippen LogP contribution in [0.5, 0.6) is 5.88 Å². The third-order valence-corrected chi connectivity index (χ3v) is 11.3. The molecule has 0 spiro atoms. The number of benzene rings is 1. The van der Waals surface area contributed by atoms with Crippen LogP contribution in [0.1, 0.15) is 84.7 Å². The van der Waals surface area contributed by atoms with E-state index in [2.05, 4.69) is 39.5 Å². The molecule has 1 aromatic carbocycles. The number of aromatic carboxylic acids is 1. The number of nitrogens with one attached hydrogen (secondary N) is 3. The van der Waals surface area contributed by atoms with Crippen LogP contribution in [0, 0.1) is 11.3 Å². The summed E-state index contributed by atoms with van der Waals surface area (Å²) in [7, 11) is -4.50. The molecule has 4 heterocycles. The van der Waals surface area contributed by atoms with Gasteiger partial charge >= 0.3 is 12.1 Å². The Morgan fingerprint density at radius 2 is 1.82 bits per heavy atom. The smallest absolute Gasteiger partial charge is 0.394 e. The van der Waals surface area contributed by atoms with Gasteiger partial charge in [-0.1, -0.05) is 29.8 Å². The molecule has 55 heavy (non-hydrogen) atoms. The van der Waals surface area contributed by atoms with Crippen LogP contribution in [-0.2, 0) is 10.0 Å². The molecule has 6 rings (SSSR count). The first kappa shape index (κ1) is 41.7. The number of halogens is 5. The zero-order valence-corrected chi connectivity index (χ0v) is 32.2. The molecule has 1 amide bonds. The molecule has 13 nitrogen and oxygen atoms in total. The van der Waals surface area contributed by atoms with Gasteiger partial charge in [-0.05, 0) is 107 Å². The number of amides is 1. The van der Waals surface area contributed by atoms with Crippen molar-refractivity contribution in [2.75, 3.05) is 18.5 Å². The van der Waals surface area contributed by atoms with E-state index in [1.165, 1.54) is 53.3 Å². The summed E-state index contributed by atoms with van der Waals surface area (Å²) in [6, 6.07) is 14.5. The second-order valence-electron chi connectivity index (χ2n) is 14.3. The second-order valence-corrected chi connectivity index (χ2v) is 16.3. The number of sulfonamides is 1. The van der Waals surface area contributed by atoms with Gasteiger partial charge in [0.15, 0.2) is 10.8 Å². The number of carboxylic acid groups (broad SMARTS) is 1. The van der Waals surface area contributed by atoms with E-state index >= 15 is 0 Å². The quantitative estimate of drug-likeness (QED) is 0.0909. The average Bonchev–Trinajstić information content (AvgIpc) is 3.63. The van der Waals surface area contributed by atoms with Gasteiger partial charge in [-0.15, -0.1) is 17.5 Å². The van der Waals surface area contributed by atoms with Crippen molar-refractivity contribution in [1.29, 1.82) is 0 Å². The summed E-state index contributed by atoms with van der Waals surface area (Å²) in [6.45, 7) is 4.98. The molecule has 1 saturated heterocycles. The number of hydrogen-bond donors (Lipinski definition) is 4. The number of rotatable bonds is 15. The van der Waals surface area contributed by atoms with Crippen LogP contribution in [0.2, 0.25) is 5.15 Å². The van der Waals surface area contributed by atoms with Gasteiger partial charge < -0.3 is 20.5 Å². The highest BCUT2D eigenvalue weighted by molar-refractivity contribution is 7.90. The third-order valence-electron chi connectivity index (χ3n) is 9.80. The topological polar surface area (TPSA) is 177 Å². The summed E-state index contributed by atoms with van der Waals surface area (Å²) in [5, 5.41) is 19.6. The summed E-state index contributed by atoms with van der Waals surface area (Å²) in [5.41, 5.74) is -0.987. The molecule has 19 heteroatoms. The predicted octanol–water partition coefficient (Wildman–Crippen LogP) is 6.99. The van der Waals surface area contributed by atoms with Gasteiger partial charge in [0.05, 0.1) is 29.2 Å². The van der Waals surface area contributed by atoms with Crippen LogP contribution < -0.4 is 20.1 Å². The average molecular weight is 827 g/mol. The predicted molar refractivity (Wildman–Crippen MR) is 200 cm³/mol. The molecular weight excluding hydrogens is 786 g/mol. The Morgan fingerprint density at radius 1 is 1.09 bits per heavy atom. The Hall–Kier alpha value is -4.45. The molecule has 296 valence electrons. The summed E-state index contributed by atoms with van der Waals surface area (Å²) in [4.78, 5) is 33.0. The van der Waals surface area contributed by atoms with E-state index in [1.54, 1.807) is 18.2 Å². The summed E-state index contributed by atoms with van der Waals surface area (Å²) < 4.78 is 74.9. The molecule has 3 aromatic heterocycles. The van der Waals surface area contributed by atoms with E-state index in [1.807, 2.05) is 4.72 Å². The highest BCUT2D eigenvalue weighted by atomic mass is 35.5. The van der Waals surface area contributed by atoms with Gasteiger partial charge in [0.25, 0.3) is 15.9 Å². The maximum Gasteiger partial charge on any atom is 0.394 e. The first-order valence-corrected chi connectivity index (χ1v) is 19.1. The van der Waals surface area contributed by atoms with Gasteiger partial charge in [-0.25, -0.2) is 24.2 Å². The molecule has 4 N–H and O–H groups in total. The number of hydrogen-bond acceptors (Lipinski definition) is 10. The normalized spacial score (nSPS) is 17.8. The lowest BCUT2D eigenvalue weighted by atomic mass is 9.90. The van der Waals surface area contributed by atoms with Crippen molar-refractivity contribution in [2.45, 2.75) is 75.2 Å². The van der Waals surface area contributed by atoms with Crippen molar-refractivity contribution in [2.24, 2.45) is 11.3 Å². The van der Waals surface area contributed by atoms with Gasteiger partial charge in [0, 0.05) is 17.8 Å². The molecule has 0 radical (unpaired) electrons. The number of alkyl halides is 3. The van der Waals surface area contributed by atoms with Crippen molar-refractivity contribution in [3.05, 3.63) is 88.7 Å². The highest BCUT2D eigenvalue weighted by Crippen LogP contribution is 2.59. The fourth-order valence-electron chi connectivity index (χ4n) is 6.54. The lowest BCUT2D eigenvalue weighted by molar-refractivity contribution is -0.190. The molecule has 2 aliphatic rings. The number of anilines is 1. The Bertz CT molecular complexity index is 2130. The van der Waals surface area contributed by atoms with Crippen LogP contribution >= 0.6 is 24.0 Å². The third kappa shape index (κ3) is 10.1. The van der Waals surface area contributed by atoms with Crippen LogP contribution in [0.4, 0.5) is 19.0 Å². The minimum atomic E-state index is -4.50. The molecule has 4 aromatic rings. The van der Waals surface area contributed by atoms with E-state index in [4.69, 9.17) is 16.3 Å². The fraction of sp³-hybridized carbons (Fsp3) is 0.417. The largest absolute Gasteiger partial charge is 0.478 e. The van der Waals surface area contributed by atoms with Crippen molar-refractivity contribution >= 4 is 51.7 Å². The van der Waals surface area contributed by atoms with Crippen molar-refractivity contribution in [3.8, 4) is 11.7 Å². The monoisotopic (exact) mass is 825 g/mol. The first-order chi connectivity index (χ1) is 25.4. The SMILES string of the molecule is CC1(C)C[C@H](CCC(Nc2cccc(S(=O)(=O)NC(=O)c3ccc(-n4ccc(OCCC5(C(F)(F)F)CC5)n4)nc3Cl)n2)c2ccc(C(=O)O)cc2)CN1.Cl. The van der Waals surface area contributed by atoms with Gasteiger partial charge in [-0.3, -0.25) is 4.79 Å². The van der Waals surface area contributed by atoms with Crippen LogP contribution in [0.3, 0.4) is 0 Å². The Labute approximate surface area is 326 Å². The number of carbonyl (C=O) groups is 2. The minimum Gasteiger partial charge on any atom is -0.478 e. The fourth-order valence-corrected chi connectivity index (χ4v) is 7.71. The van der Waals surface area contributed by atoms with E-state index in [-0.39, 0.29) is 83.7 Å². The maximum atomic E-state index is 13.4. The number of carbonyl (C=O) groups excluding carboxylic acids is 1. The zero-order valence-electron chi connectivity index (χ0n) is 29.8. The standard InChI is InChI=1S/C36H39ClF3N7O6S.ClH/c1-34(2)20-22(21-41-34)6-12-26(23-7-9-24(10-8-23)33(49)50)42-27-4-3-5-30(43-27)54(51,52)46-32(48)25-11-13-28(44-31(25)37)47-18-14-29(45-47)53-19-17-35(15-16-35)36(38,39)40;/h3-5,7-11,13-14,18,22,26,41H,6,12,15-17,19-21H2,1-2H3,(H,42,43)(H,46,48)(H,49,50);1H/t22-,26?;/m0./s1. The minimum absolute atomic E-state index is 0.